The number of carbonyl (C=O) groups excluding carboxylic acids is 1. The number of ether oxygens (including phenoxy) is 1. The van der Waals surface area contributed by atoms with Crippen LogP contribution in [-0.2, 0) is 9.53 Å². The topological polar surface area (TPSA) is 124 Å². The Bertz CT molecular complexity index is 1140. The van der Waals surface area contributed by atoms with E-state index in [0.717, 1.165) is 17.4 Å². The normalized spacial score (nSPS) is 13.7. The van der Waals surface area contributed by atoms with Gasteiger partial charge in [-0.3, -0.25) is 14.9 Å². The second-order valence-electron chi connectivity index (χ2n) is 6.75. The van der Waals surface area contributed by atoms with Gasteiger partial charge < -0.3 is 19.4 Å². The molecule has 2 heterocycles. The van der Waals surface area contributed by atoms with Gasteiger partial charge in [0, 0.05) is 30.8 Å². The fourth-order valence-electron chi connectivity index (χ4n) is 3.18. The molecule has 1 aliphatic heterocycles. The van der Waals surface area contributed by atoms with Crippen LogP contribution in [0.25, 0.3) is 11.5 Å². The highest BCUT2D eigenvalue weighted by atomic mass is 35.5. The maximum Gasteiger partial charge on any atom is 0.277 e. The van der Waals surface area contributed by atoms with Crippen molar-refractivity contribution in [2.24, 2.45) is 0 Å². The fourth-order valence-corrected chi connectivity index (χ4v) is 4.03. The lowest BCUT2D eigenvalue weighted by Gasteiger charge is -2.31. The van der Waals surface area contributed by atoms with Gasteiger partial charge in [-0.2, -0.15) is 0 Å². The van der Waals surface area contributed by atoms with Crippen molar-refractivity contribution < 1.29 is 18.9 Å². The number of nitrogens with zero attached hydrogens (tertiary/aromatic N) is 4. The lowest BCUT2D eigenvalue weighted by molar-refractivity contribution is -0.384. The Hall–Kier alpha value is -3.15. The number of nitro benzene ring substituents is 1. The van der Waals surface area contributed by atoms with E-state index in [4.69, 9.17) is 20.8 Å². The highest BCUT2D eigenvalue weighted by Gasteiger charge is 2.20. The van der Waals surface area contributed by atoms with Crippen molar-refractivity contribution in [3.8, 4) is 11.5 Å². The van der Waals surface area contributed by atoms with E-state index in [1.165, 1.54) is 18.2 Å². The van der Waals surface area contributed by atoms with Crippen molar-refractivity contribution in [2.75, 3.05) is 42.3 Å². The quantitative estimate of drug-likeness (QED) is 0.308. The molecule has 1 aliphatic rings. The number of hydrogen-bond acceptors (Lipinski definition) is 9. The van der Waals surface area contributed by atoms with E-state index in [1.54, 1.807) is 24.3 Å². The lowest BCUT2D eigenvalue weighted by Crippen LogP contribution is -2.37. The molecular formula is C20H18ClN5O5S. The maximum absolute atomic E-state index is 12.5. The van der Waals surface area contributed by atoms with E-state index in [0.29, 0.717) is 42.6 Å². The molecule has 0 atom stereocenters. The minimum absolute atomic E-state index is 0.0334. The molecular weight excluding hydrogens is 458 g/mol. The van der Waals surface area contributed by atoms with Crippen molar-refractivity contribution >= 4 is 46.3 Å². The second-order valence-corrected chi connectivity index (χ2v) is 8.09. The summed E-state index contributed by atoms with van der Waals surface area (Å²) in [5, 5.41) is 22.4. The Labute approximate surface area is 192 Å². The van der Waals surface area contributed by atoms with Gasteiger partial charge in [-0.15, -0.1) is 10.2 Å². The molecule has 0 saturated carbocycles. The number of anilines is 2. The zero-order valence-electron chi connectivity index (χ0n) is 16.7. The molecule has 1 fully saturated rings. The number of rotatable bonds is 7. The predicted molar refractivity (Wildman–Crippen MR) is 120 cm³/mol. The van der Waals surface area contributed by atoms with Crippen LogP contribution in [0.15, 0.2) is 52.1 Å². The first-order valence-corrected chi connectivity index (χ1v) is 11.0. The number of aromatic nitrogens is 2. The van der Waals surface area contributed by atoms with Crippen LogP contribution in [0.5, 0.6) is 0 Å². The molecule has 1 saturated heterocycles. The number of thioether (sulfide) groups is 1. The largest absolute Gasteiger partial charge is 0.411 e. The van der Waals surface area contributed by atoms with Crippen LogP contribution in [-0.4, -0.2) is 53.1 Å². The van der Waals surface area contributed by atoms with Gasteiger partial charge >= 0.3 is 0 Å². The van der Waals surface area contributed by atoms with Gasteiger partial charge in [-0.1, -0.05) is 35.5 Å². The molecule has 12 heteroatoms. The Morgan fingerprint density at radius 2 is 2.00 bits per heavy atom. The molecule has 1 N–H and O–H groups in total. The molecule has 4 rings (SSSR count). The number of para-hydroxylation sites is 1. The van der Waals surface area contributed by atoms with Gasteiger partial charge in [0.2, 0.25) is 11.8 Å². The van der Waals surface area contributed by atoms with Gasteiger partial charge in [0.1, 0.15) is 0 Å². The van der Waals surface area contributed by atoms with Gasteiger partial charge in [0.15, 0.2) is 0 Å². The summed E-state index contributed by atoms with van der Waals surface area (Å²) in [7, 11) is 0. The highest BCUT2D eigenvalue weighted by molar-refractivity contribution is 7.99. The first kappa shape index (κ1) is 22.1. The van der Waals surface area contributed by atoms with Crippen LogP contribution in [0.3, 0.4) is 0 Å². The summed E-state index contributed by atoms with van der Waals surface area (Å²) < 4.78 is 10.9. The van der Waals surface area contributed by atoms with Gasteiger partial charge in [0.05, 0.1) is 40.3 Å². The molecule has 0 bridgehead atoms. The average Bonchev–Trinajstić information content (AvgIpc) is 3.28. The summed E-state index contributed by atoms with van der Waals surface area (Å²) in [5.41, 5.74) is 1.73. The molecule has 0 unspecified atom stereocenters. The van der Waals surface area contributed by atoms with Gasteiger partial charge in [0.25, 0.3) is 10.9 Å². The third kappa shape index (κ3) is 5.18. The lowest BCUT2D eigenvalue weighted by atomic mass is 10.2. The fraction of sp³-hybridized carbons (Fsp3) is 0.250. The summed E-state index contributed by atoms with van der Waals surface area (Å²) in [6.07, 6.45) is 0. The molecule has 1 amide bonds. The highest BCUT2D eigenvalue weighted by Crippen LogP contribution is 2.34. The van der Waals surface area contributed by atoms with Gasteiger partial charge in [-0.05, 0) is 18.2 Å². The van der Waals surface area contributed by atoms with Crippen molar-refractivity contribution in [1.82, 2.24) is 10.2 Å². The molecule has 166 valence electrons. The summed E-state index contributed by atoms with van der Waals surface area (Å²) in [5.74, 6) is -0.0889. The maximum atomic E-state index is 12.5. The third-order valence-electron chi connectivity index (χ3n) is 4.63. The van der Waals surface area contributed by atoms with Crippen molar-refractivity contribution in [1.29, 1.82) is 0 Å². The van der Waals surface area contributed by atoms with E-state index < -0.39 is 4.92 Å². The van der Waals surface area contributed by atoms with Crippen LogP contribution in [0.1, 0.15) is 0 Å². The number of non-ortho nitro benzene ring substituents is 1. The minimum atomic E-state index is -0.499. The summed E-state index contributed by atoms with van der Waals surface area (Å²) in [6.45, 7) is 2.56. The Morgan fingerprint density at radius 3 is 2.78 bits per heavy atom. The van der Waals surface area contributed by atoms with E-state index in [-0.39, 0.29) is 28.5 Å². The summed E-state index contributed by atoms with van der Waals surface area (Å²) in [6, 6.07) is 11.3. The zero-order chi connectivity index (χ0) is 22.5. The molecule has 32 heavy (non-hydrogen) atoms. The number of hydrogen-bond donors (Lipinski definition) is 1. The Kier molecular flexibility index (Phi) is 6.88. The first-order chi connectivity index (χ1) is 15.5. The number of morpholine rings is 1. The number of carbonyl (C=O) groups is 1. The Morgan fingerprint density at radius 1 is 1.22 bits per heavy atom. The molecule has 0 radical (unpaired) electrons. The minimum Gasteiger partial charge on any atom is -0.411 e. The van der Waals surface area contributed by atoms with Crippen LogP contribution in [0.2, 0.25) is 5.02 Å². The molecule has 1 aromatic heterocycles. The van der Waals surface area contributed by atoms with Crippen molar-refractivity contribution in [2.45, 2.75) is 5.22 Å². The van der Waals surface area contributed by atoms with Crippen LogP contribution in [0, 0.1) is 10.1 Å². The number of nitrogens with one attached hydrogen (secondary N) is 1. The standard InChI is InChI=1S/C20H18ClN5O5S/c21-15-5-2-6-16(18(15)25-7-9-30-10-8-25)22-17(27)12-32-20-24-23-19(31-20)13-3-1-4-14(11-13)26(28)29/h1-6,11H,7-10,12H2,(H,22,27). The first-order valence-electron chi connectivity index (χ1n) is 9.63. The molecule has 2 aromatic carbocycles. The average molecular weight is 476 g/mol. The molecule has 0 aliphatic carbocycles. The summed E-state index contributed by atoms with van der Waals surface area (Å²) in [4.78, 5) is 25.1. The zero-order valence-corrected chi connectivity index (χ0v) is 18.3. The number of nitro groups is 1. The monoisotopic (exact) mass is 475 g/mol. The van der Waals surface area contributed by atoms with Crippen molar-refractivity contribution in [3.05, 3.63) is 57.6 Å². The van der Waals surface area contributed by atoms with Crippen LogP contribution in [0.4, 0.5) is 17.1 Å². The smallest absolute Gasteiger partial charge is 0.277 e. The molecule has 3 aromatic rings. The Balaban J connectivity index is 1.40. The number of benzene rings is 2. The predicted octanol–water partition coefficient (Wildman–Crippen LogP) is 3.87. The summed E-state index contributed by atoms with van der Waals surface area (Å²) >= 11 is 7.46. The SMILES string of the molecule is O=C(CSc1nnc(-c2cccc([N+](=O)[O-])c2)o1)Nc1cccc(Cl)c1N1CCOCC1. The molecule has 0 spiro atoms. The second kappa shape index (κ2) is 9.98. The van der Waals surface area contributed by atoms with Gasteiger partial charge in [-0.25, -0.2) is 0 Å². The van der Waals surface area contributed by atoms with E-state index in [2.05, 4.69) is 20.4 Å². The van der Waals surface area contributed by atoms with Crippen LogP contribution >= 0.6 is 23.4 Å². The number of halogens is 1. The van der Waals surface area contributed by atoms with Crippen molar-refractivity contribution in [3.63, 3.8) is 0 Å². The van der Waals surface area contributed by atoms with E-state index >= 15 is 0 Å². The van der Waals surface area contributed by atoms with E-state index in [1.807, 2.05) is 0 Å². The third-order valence-corrected chi connectivity index (χ3v) is 5.75. The van der Waals surface area contributed by atoms with E-state index in [9.17, 15) is 14.9 Å². The van der Waals surface area contributed by atoms with Crippen LogP contribution < -0.4 is 10.2 Å². The number of amides is 1. The molecule has 10 nitrogen and oxygen atoms in total.